The van der Waals surface area contributed by atoms with Gasteiger partial charge in [-0.15, -0.1) is 0 Å². The molecule has 1 aromatic carbocycles. The number of sulfonamides is 1. The molecule has 0 spiro atoms. The second-order valence-electron chi connectivity index (χ2n) is 7.39. The van der Waals surface area contributed by atoms with Gasteiger partial charge in [0.05, 0.1) is 4.90 Å². The summed E-state index contributed by atoms with van der Waals surface area (Å²) in [5.41, 5.74) is 0.808. The Bertz CT molecular complexity index is 760. The highest BCUT2D eigenvalue weighted by Crippen LogP contribution is 2.21. The zero-order chi connectivity index (χ0) is 19.3. The molecule has 1 aromatic rings. The first kappa shape index (κ1) is 20.0. The topological polar surface area (TPSA) is 69.7 Å². The van der Waals surface area contributed by atoms with Crippen LogP contribution in [0, 0.1) is 5.92 Å². The Hall–Kier alpha value is -1.70. The highest BCUT2D eigenvalue weighted by molar-refractivity contribution is 7.89. The minimum atomic E-state index is -3.43. The maximum atomic E-state index is 12.4. The summed E-state index contributed by atoms with van der Waals surface area (Å²) in [6.45, 7) is 5.29. The molecule has 3 rings (SSSR count). The van der Waals surface area contributed by atoms with E-state index in [0.717, 1.165) is 31.5 Å². The molecule has 0 saturated carbocycles. The molecule has 1 N–H and O–H groups in total. The van der Waals surface area contributed by atoms with E-state index >= 15 is 0 Å². The second kappa shape index (κ2) is 8.99. The van der Waals surface area contributed by atoms with Gasteiger partial charge in [-0.3, -0.25) is 4.79 Å². The minimum absolute atomic E-state index is 0.0292. The van der Waals surface area contributed by atoms with Crippen LogP contribution in [0.2, 0.25) is 0 Å². The van der Waals surface area contributed by atoms with Crippen LogP contribution in [0.15, 0.2) is 35.2 Å². The smallest absolute Gasteiger partial charge is 0.246 e. The van der Waals surface area contributed by atoms with E-state index in [9.17, 15) is 13.2 Å². The van der Waals surface area contributed by atoms with Gasteiger partial charge in [-0.1, -0.05) is 12.1 Å². The van der Waals surface area contributed by atoms with Gasteiger partial charge in [0.1, 0.15) is 0 Å². The van der Waals surface area contributed by atoms with Crippen LogP contribution in [-0.4, -0.2) is 63.9 Å². The van der Waals surface area contributed by atoms with E-state index in [4.69, 9.17) is 0 Å². The largest absolute Gasteiger partial charge is 0.339 e. The van der Waals surface area contributed by atoms with E-state index in [2.05, 4.69) is 9.62 Å². The van der Waals surface area contributed by atoms with E-state index in [1.165, 1.54) is 39.5 Å². The number of nitrogens with one attached hydrogen (secondary N) is 1. The van der Waals surface area contributed by atoms with Crippen LogP contribution >= 0.6 is 0 Å². The van der Waals surface area contributed by atoms with Crippen LogP contribution in [-0.2, 0) is 14.8 Å². The summed E-state index contributed by atoms with van der Waals surface area (Å²) < 4.78 is 25.7. The molecule has 7 heteroatoms. The highest BCUT2D eigenvalue weighted by atomic mass is 32.2. The van der Waals surface area contributed by atoms with Crippen molar-refractivity contribution in [3.63, 3.8) is 0 Å². The van der Waals surface area contributed by atoms with Gasteiger partial charge in [0.2, 0.25) is 15.9 Å². The summed E-state index contributed by atoms with van der Waals surface area (Å²) in [4.78, 5) is 17.1. The van der Waals surface area contributed by atoms with Crippen LogP contribution in [0.4, 0.5) is 0 Å². The summed E-state index contributed by atoms with van der Waals surface area (Å²) in [6.07, 6.45) is 8.13. The average Bonchev–Trinajstić information content (AvgIpc) is 3.20. The third-order valence-corrected chi connectivity index (χ3v) is 6.95. The maximum absolute atomic E-state index is 12.4. The van der Waals surface area contributed by atoms with E-state index < -0.39 is 10.0 Å². The zero-order valence-electron chi connectivity index (χ0n) is 15.9. The average molecular weight is 392 g/mol. The molecule has 0 bridgehead atoms. The number of carbonyl (C=O) groups is 1. The molecule has 0 atom stereocenters. The molecular weight excluding hydrogens is 362 g/mol. The first-order chi connectivity index (χ1) is 13.0. The SMILES string of the molecule is CNS(=O)(=O)c1ccc(/C=C/C(=O)N2CCC(CN3CCCC3)CC2)cc1. The molecule has 0 unspecified atom stereocenters. The number of carbonyl (C=O) groups excluding carboxylic acids is 1. The lowest BCUT2D eigenvalue weighted by atomic mass is 9.96. The predicted octanol–water partition coefficient (Wildman–Crippen LogP) is 1.94. The normalized spacial score (nSPS) is 19.8. The highest BCUT2D eigenvalue weighted by Gasteiger charge is 2.24. The molecule has 6 nitrogen and oxygen atoms in total. The first-order valence-corrected chi connectivity index (χ1v) is 11.2. The molecule has 2 aliphatic rings. The Morgan fingerprint density at radius 3 is 2.33 bits per heavy atom. The lowest BCUT2D eigenvalue weighted by molar-refractivity contribution is -0.127. The Morgan fingerprint density at radius 1 is 1.11 bits per heavy atom. The lowest BCUT2D eigenvalue weighted by Crippen LogP contribution is -2.40. The Kier molecular flexibility index (Phi) is 6.68. The van der Waals surface area contributed by atoms with Crippen LogP contribution in [0.25, 0.3) is 6.08 Å². The summed E-state index contributed by atoms with van der Waals surface area (Å²) in [5, 5.41) is 0. The molecule has 0 radical (unpaired) electrons. The van der Waals surface area contributed by atoms with E-state index in [1.807, 2.05) is 4.90 Å². The molecule has 2 saturated heterocycles. The van der Waals surface area contributed by atoms with Gasteiger partial charge in [0, 0.05) is 25.7 Å². The molecule has 1 amide bonds. The Balaban J connectivity index is 1.49. The van der Waals surface area contributed by atoms with Crippen LogP contribution < -0.4 is 4.72 Å². The summed E-state index contributed by atoms with van der Waals surface area (Å²) in [7, 11) is -2.05. The molecule has 27 heavy (non-hydrogen) atoms. The van der Waals surface area contributed by atoms with Gasteiger partial charge in [-0.05, 0) is 75.5 Å². The fraction of sp³-hybridized carbons (Fsp3) is 0.550. The van der Waals surface area contributed by atoms with Crippen molar-refractivity contribution in [3.8, 4) is 0 Å². The van der Waals surface area contributed by atoms with Crippen molar-refractivity contribution in [2.75, 3.05) is 39.8 Å². The van der Waals surface area contributed by atoms with Gasteiger partial charge < -0.3 is 9.80 Å². The van der Waals surface area contributed by atoms with E-state index in [-0.39, 0.29) is 10.8 Å². The van der Waals surface area contributed by atoms with Crippen LogP contribution in [0.5, 0.6) is 0 Å². The second-order valence-corrected chi connectivity index (χ2v) is 9.27. The number of hydrogen-bond acceptors (Lipinski definition) is 4. The molecule has 0 aliphatic carbocycles. The number of piperidine rings is 1. The van der Waals surface area contributed by atoms with E-state index in [0.29, 0.717) is 5.92 Å². The quantitative estimate of drug-likeness (QED) is 0.753. The maximum Gasteiger partial charge on any atom is 0.246 e. The van der Waals surface area contributed by atoms with Gasteiger partial charge in [0.25, 0.3) is 0 Å². The van der Waals surface area contributed by atoms with Gasteiger partial charge in [-0.25, -0.2) is 13.1 Å². The lowest BCUT2D eigenvalue weighted by Gasteiger charge is -2.33. The number of benzene rings is 1. The van der Waals surface area contributed by atoms with Gasteiger partial charge in [0.15, 0.2) is 0 Å². The third kappa shape index (κ3) is 5.40. The monoisotopic (exact) mass is 391 g/mol. The van der Waals surface area contributed by atoms with Crippen LogP contribution in [0.3, 0.4) is 0 Å². The van der Waals surface area contributed by atoms with Crippen molar-refractivity contribution in [1.29, 1.82) is 0 Å². The fourth-order valence-corrected chi connectivity index (χ4v) is 4.55. The van der Waals surface area contributed by atoms with Gasteiger partial charge >= 0.3 is 0 Å². The van der Waals surface area contributed by atoms with Crippen molar-refractivity contribution in [2.24, 2.45) is 5.92 Å². The third-order valence-electron chi connectivity index (χ3n) is 5.52. The number of nitrogens with zero attached hydrogens (tertiary/aromatic N) is 2. The molecule has 2 aliphatic heterocycles. The molecule has 0 aromatic heterocycles. The van der Waals surface area contributed by atoms with Crippen molar-refractivity contribution < 1.29 is 13.2 Å². The number of rotatable bonds is 6. The Labute approximate surface area is 162 Å². The summed E-state index contributed by atoms with van der Waals surface area (Å²) >= 11 is 0. The number of amides is 1. The zero-order valence-corrected chi connectivity index (χ0v) is 16.7. The van der Waals surface area contributed by atoms with Crippen LogP contribution in [0.1, 0.15) is 31.2 Å². The fourth-order valence-electron chi connectivity index (χ4n) is 3.82. The number of hydrogen-bond donors (Lipinski definition) is 1. The molecule has 2 fully saturated rings. The molecule has 2 heterocycles. The van der Waals surface area contributed by atoms with E-state index in [1.54, 1.807) is 36.4 Å². The summed E-state index contributed by atoms with van der Waals surface area (Å²) in [5.74, 6) is 0.736. The van der Waals surface area contributed by atoms with Crippen molar-refractivity contribution in [1.82, 2.24) is 14.5 Å². The predicted molar refractivity (Wildman–Crippen MR) is 107 cm³/mol. The van der Waals surface area contributed by atoms with Crippen molar-refractivity contribution >= 4 is 22.0 Å². The van der Waals surface area contributed by atoms with Crippen molar-refractivity contribution in [2.45, 2.75) is 30.6 Å². The first-order valence-electron chi connectivity index (χ1n) is 9.71. The van der Waals surface area contributed by atoms with Gasteiger partial charge in [-0.2, -0.15) is 0 Å². The molecule has 148 valence electrons. The number of likely N-dealkylation sites (tertiary alicyclic amines) is 2. The Morgan fingerprint density at radius 2 is 1.74 bits per heavy atom. The minimum Gasteiger partial charge on any atom is -0.339 e. The van der Waals surface area contributed by atoms with Crippen molar-refractivity contribution in [3.05, 3.63) is 35.9 Å². The molecular formula is C20H29N3O3S. The standard InChI is InChI=1S/C20H29N3O3S/c1-21-27(25,26)19-7-4-17(5-8-19)6-9-20(24)23-14-10-18(11-15-23)16-22-12-2-3-13-22/h4-9,18,21H,2-3,10-16H2,1H3/b9-6+. The summed E-state index contributed by atoms with van der Waals surface area (Å²) in [6, 6.07) is 6.49.